The Hall–Kier alpha value is -0.120. The van der Waals surface area contributed by atoms with Gasteiger partial charge < -0.3 is 14.8 Å². The molecule has 0 aromatic heterocycles. The van der Waals surface area contributed by atoms with Gasteiger partial charge in [-0.3, -0.25) is 0 Å². The second-order valence-corrected chi connectivity index (χ2v) is 6.13. The van der Waals surface area contributed by atoms with Gasteiger partial charge in [0, 0.05) is 26.4 Å². The van der Waals surface area contributed by atoms with Crippen molar-refractivity contribution in [1.82, 2.24) is 5.32 Å². The van der Waals surface area contributed by atoms with Gasteiger partial charge in [0.05, 0.1) is 6.10 Å². The van der Waals surface area contributed by atoms with E-state index in [0.29, 0.717) is 12.1 Å². The van der Waals surface area contributed by atoms with Crippen LogP contribution in [0, 0.1) is 11.8 Å². The molecule has 1 saturated carbocycles. The van der Waals surface area contributed by atoms with Crippen LogP contribution in [-0.2, 0) is 9.47 Å². The second-order valence-electron chi connectivity index (χ2n) is 6.13. The van der Waals surface area contributed by atoms with Crippen molar-refractivity contribution >= 4 is 0 Å². The highest BCUT2D eigenvalue weighted by molar-refractivity contribution is 4.86. The molecule has 0 bridgehead atoms. The predicted molar refractivity (Wildman–Crippen MR) is 80.5 cm³/mol. The first-order valence-electron chi connectivity index (χ1n) is 8.02. The average Bonchev–Trinajstić information content (AvgIpc) is 2.41. The van der Waals surface area contributed by atoms with Crippen molar-refractivity contribution in [2.75, 3.05) is 26.9 Å². The molecule has 1 rings (SSSR count). The number of hydrogen-bond donors (Lipinski definition) is 1. The van der Waals surface area contributed by atoms with Gasteiger partial charge in [0.15, 0.2) is 0 Å². The summed E-state index contributed by atoms with van der Waals surface area (Å²) < 4.78 is 11.2. The Morgan fingerprint density at radius 1 is 1.21 bits per heavy atom. The number of rotatable bonds is 9. The molecule has 0 aromatic rings. The molecule has 3 nitrogen and oxygen atoms in total. The van der Waals surface area contributed by atoms with Crippen LogP contribution < -0.4 is 5.32 Å². The van der Waals surface area contributed by atoms with Crippen molar-refractivity contribution in [2.24, 2.45) is 11.8 Å². The molecule has 19 heavy (non-hydrogen) atoms. The maximum Gasteiger partial charge on any atom is 0.0730 e. The lowest BCUT2D eigenvalue weighted by Gasteiger charge is -2.38. The molecule has 3 heteroatoms. The van der Waals surface area contributed by atoms with Crippen LogP contribution in [0.3, 0.4) is 0 Å². The Kier molecular flexibility index (Phi) is 8.67. The molecule has 0 radical (unpaired) electrons. The second kappa shape index (κ2) is 9.73. The quantitative estimate of drug-likeness (QED) is 0.653. The zero-order valence-electron chi connectivity index (χ0n) is 13.3. The summed E-state index contributed by atoms with van der Waals surface area (Å²) in [7, 11) is 1.75. The van der Waals surface area contributed by atoms with Gasteiger partial charge in [-0.05, 0) is 50.5 Å². The van der Waals surface area contributed by atoms with Crippen molar-refractivity contribution in [3.8, 4) is 0 Å². The molecule has 3 unspecified atom stereocenters. The summed E-state index contributed by atoms with van der Waals surface area (Å²) in [6, 6.07) is 0.553. The zero-order chi connectivity index (χ0) is 14.1. The van der Waals surface area contributed by atoms with Crippen LogP contribution >= 0.6 is 0 Å². The van der Waals surface area contributed by atoms with Gasteiger partial charge in [0.2, 0.25) is 0 Å². The summed E-state index contributed by atoms with van der Waals surface area (Å²) in [5.74, 6) is 1.60. The first kappa shape index (κ1) is 16.9. The van der Waals surface area contributed by atoms with E-state index in [2.05, 4.69) is 26.1 Å². The number of nitrogens with one attached hydrogen (secondary N) is 1. The summed E-state index contributed by atoms with van der Waals surface area (Å²) in [4.78, 5) is 0. The van der Waals surface area contributed by atoms with Crippen LogP contribution in [0.1, 0.15) is 52.9 Å². The Bertz CT molecular complexity index is 221. The lowest BCUT2D eigenvalue weighted by molar-refractivity contribution is -0.0224. The Morgan fingerprint density at radius 2 is 2.00 bits per heavy atom. The molecule has 3 atom stereocenters. The molecule has 0 heterocycles. The molecule has 0 saturated heterocycles. The topological polar surface area (TPSA) is 30.5 Å². The minimum atomic E-state index is 0.393. The standard InChI is InChI=1S/C16H33NO2/c1-5-9-17-15-8-7-14(13(2)3)12-16(15)19-11-6-10-18-4/h13-17H,5-12H2,1-4H3. The van der Waals surface area contributed by atoms with E-state index >= 15 is 0 Å². The van der Waals surface area contributed by atoms with Crippen LogP contribution in [0.4, 0.5) is 0 Å². The van der Waals surface area contributed by atoms with Gasteiger partial charge in [-0.15, -0.1) is 0 Å². The highest BCUT2D eigenvalue weighted by atomic mass is 16.5. The fourth-order valence-electron chi connectivity index (χ4n) is 2.95. The Balaban J connectivity index is 2.40. The van der Waals surface area contributed by atoms with E-state index in [9.17, 15) is 0 Å². The monoisotopic (exact) mass is 271 g/mol. The van der Waals surface area contributed by atoms with Crippen LogP contribution in [0.25, 0.3) is 0 Å². The third-order valence-electron chi connectivity index (χ3n) is 4.26. The van der Waals surface area contributed by atoms with Crippen molar-refractivity contribution in [2.45, 2.75) is 65.0 Å². The number of hydrogen-bond acceptors (Lipinski definition) is 3. The van der Waals surface area contributed by atoms with E-state index in [1.54, 1.807) is 7.11 Å². The lowest BCUT2D eigenvalue weighted by atomic mass is 9.78. The molecule has 1 fully saturated rings. The number of methoxy groups -OCH3 is 1. The zero-order valence-corrected chi connectivity index (χ0v) is 13.3. The Labute approximate surface area is 119 Å². The number of ether oxygens (including phenoxy) is 2. The molecule has 1 N–H and O–H groups in total. The van der Waals surface area contributed by atoms with Crippen molar-refractivity contribution in [3.05, 3.63) is 0 Å². The highest BCUT2D eigenvalue weighted by Crippen LogP contribution is 2.31. The molecule has 114 valence electrons. The van der Waals surface area contributed by atoms with Crippen LogP contribution in [0.15, 0.2) is 0 Å². The third-order valence-corrected chi connectivity index (χ3v) is 4.26. The van der Waals surface area contributed by atoms with Gasteiger partial charge in [0.1, 0.15) is 0 Å². The maximum atomic E-state index is 6.13. The predicted octanol–water partition coefficient (Wildman–Crippen LogP) is 3.23. The van der Waals surface area contributed by atoms with Gasteiger partial charge in [-0.2, -0.15) is 0 Å². The lowest BCUT2D eigenvalue weighted by Crippen LogP contribution is -2.46. The van der Waals surface area contributed by atoms with E-state index in [-0.39, 0.29) is 0 Å². The summed E-state index contributed by atoms with van der Waals surface area (Å²) in [5.41, 5.74) is 0. The molecular weight excluding hydrogens is 238 g/mol. The fourth-order valence-corrected chi connectivity index (χ4v) is 2.95. The highest BCUT2D eigenvalue weighted by Gasteiger charge is 2.31. The smallest absolute Gasteiger partial charge is 0.0730 e. The maximum absolute atomic E-state index is 6.13. The molecule has 0 spiro atoms. The van der Waals surface area contributed by atoms with E-state index < -0.39 is 0 Å². The van der Waals surface area contributed by atoms with Gasteiger partial charge >= 0.3 is 0 Å². The van der Waals surface area contributed by atoms with Crippen molar-refractivity contribution in [3.63, 3.8) is 0 Å². The summed E-state index contributed by atoms with van der Waals surface area (Å²) in [6.45, 7) is 9.63. The normalized spacial score (nSPS) is 27.9. The average molecular weight is 271 g/mol. The fraction of sp³-hybridized carbons (Fsp3) is 1.00. The van der Waals surface area contributed by atoms with Crippen molar-refractivity contribution in [1.29, 1.82) is 0 Å². The van der Waals surface area contributed by atoms with E-state index in [4.69, 9.17) is 9.47 Å². The SMILES string of the molecule is CCCNC1CCC(C(C)C)CC1OCCCOC. The summed E-state index contributed by atoms with van der Waals surface area (Å²) in [6.07, 6.45) is 6.41. The van der Waals surface area contributed by atoms with Crippen LogP contribution in [0.5, 0.6) is 0 Å². The van der Waals surface area contributed by atoms with Crippen LogP contribution in [0.2, 0.25) is 0 Å². The molecule has 1 aliphatic rings. The molecule has 1 aliphatic carbocycles. The molecule has 0 aromatic carbocycles. The van der Waals surface area contributed by atoms with Gasteiger partial charge in [-0.1, -0.05) is 20.8 Å². The third kappa shape index (κ3) is 6.24. The van der Waals surface area contributed by atoms with E-state index in [1.165, 1.54) is 25.7 Å². The van der Waals surface area contributed by atoms with Crippen LogP contribution in [-0.4, -0.2) is 39.0 Å². The minimum Gasteiger partial charge on any atom is -0.385 e. The first-order chi connectivity index (χ1) is 9.19. The Morgan fingerprint density at radius 3 is 2.63 bits per heavy atom. The molecule has 0 amide bonds. The minimum absolute atomic E-state index is 0.393. The summed E-state index contributed by atoms with van der Waals surface area (Å²) in [5, 5.41) is 3.67. The van der Waals surface area contributed by atoms with E-state index in [1.807, 2.05) is 0 Å². The first-order valence-corrected chi connectivity index (χ1v) is 8.02. The summed E-state index contributed by atoms with van der Waals surface area (Å²) >= 11 is 0. The van der Waals surface area contributed by atoms with Gasteiger partial charge in [0.25, 0.3) is 0 Å². The van der Waals surface area contributed by atoms with E-state index in [0.717, 1.165) is 38.0 Å². The largest absolute Gasteiger partial charge is 0.385 e. The molecule has 0 aliphatic heterocycles. The van der Waals surface area contributed by atoms with Crippen molar-refractivity contribution < 1.29 is 9.47 Å². The van der Waals surface area contributed by atoms with Gasteiger partial charge in [-0.25, -0.2) is 0 Å². The molecular formula is C16H33NO2.